The first kappa shape index (κ1) is 10.8. The Bertz CT molecular complexity index is 568. The van der Waals surface area contributed by atoms with Crippen LogP contribution >= 0.6 is 11.6 Å². The number of fused-ring (bicyclic) bond motifs is 1. The van der Waals surface area contributed by atoms with Crippen LogP contribution in [0.2, 0.25) is 5.02 Å². The summed E-state index contributed by atoms with van der Waals surface area (Å²) in [4.78, 5) is 8.60. The number of anilines is 1. The largest absolute Gasteiger partial charge is 0.376 e. The molecule has 0 saturated carbocycles. The second-order valence-electron chi connectivity index (χ2n) is 4.27. The van der Waals surface area contributed by atoms with Crippen LogP contribution in [-0.4, -0.2) is 27.2 Å². The molecular formula is C11H13ClN4O. The first-order chi connectivity index (χ1) is 8.16. The van der Waals surface area contributed by atoms with Crippen molar-refractivity contribution in [2.24, 2.45) is 0 Å². The molecule has 2 aromatic rings. The maximum Gasteiger partial charge on any atom is 0.202 e. The number of imidazole rings is 1. The van der Waals surface area contributed by atoms with E-state index in [0.29, 0.717) is 11.0 Å². The summed E-state index contributed by atoms with van der Waals surface area (Å²) in [6.07, 6.45) is 2.68. The molecule has 1 aliphatic rings. The average Bonchev–Trinajstić information content (AvgIpc) is 2.80. The van der Waals surface area contributed by atoms with E-state index in [1.54, 1.807) is 12.3 Å². The third kappa shape index (κ3) is 1.66. The van der Waals surface area contributed by atoms with Crippen molar-refractivity contribution in [2.45, 2.75) is 25.5 Å². The molecule has 1 aliphatic heterocycles. The van der Waals surface area contributed by atoms with E-state index in [1.165, 1.54) is 0 Å². The van der Waals surface area contributed by atoms with Crippen molar-refractivity contribution in [3.8, 4) is 0 Å². The highest BCUT2D eigenvalue weighted by Gasteiger charge is 2.29. The Morgan fingerprint density at radius 2 is 2.41 bits per heavy atom. The van der Waals surface area contributed by atoms with Gasteiger partial charge in [-0.3, -0.25) is 4.57 Å². The molecule has 1 fully saturated rings. The lowest BCUT2D eigenvalue weighted by molar-refractivity contribution is 0.108. The molecular weight excluding hydrogens is 240 g/mol. The monoisotopic (exact) mass is 252 g/mol. The minimum absolute atomic E-state index is 0.132. The summed E-state index contributed by atoms with van der Waals surface area (Å²) in [6, 6.07) is 1.98. The Hall–Kier alpha value is -1.33. The third-order valence-corrected chi connectivity index (χ3v) is 3.40. The van der Waals surface area contributed by atoms with Gasteiger partial charge in [0.25, 0.3) is 0 Å². The van der Waals surface area contributed by atoms with Crippen molar-refractivity contribution in [3.05, 3.63) is 17.3 Å². The van der Waals surface area contributed by atoms with Gasteiger partial charge >= 0.3 is 0 Å². The van der Waals surface area contributed by atoms with Crippen LogP contribution in [0.15, 0.2) is 12.3 Å². The lowest BCUT2D eigenvalue weighted by atomic mass is 10.1. The Morgan fingerprint density at radius 3 is 3.12 bits per heavy atom. The van der Waals surface area contributed by atoms with Gasteiger partial charge < -0.3 is 10.5 Å². The van der Waals surface area contributed by atoms with E-state index >= 15 is 0 Å². The van der Waals surface area contributed by atoms with E-state index in [2.05, 4.69) is 9.97 Å². The quantitative estimate of drug-likeness (QED) is 0.843. The number of aromatic nitrogens is 3. The van der Waals surface area contributed by atoms with Gasteiger partial charge in [-0.2, -0.15) is 0 Å². The average molecular weight is 253 g/mol. The summed E-state index contributed by atoms with van der Waals surface area (Å²) in [5, 5.41) is 0.567. The SMILES string of the molecule is CC1OCCC1n1c(N)nc2cc(Cl)cnc21. The number of pyridine rings is 1. The summed E-state index contributed by atoms with van der Waals surface area (Å²) in [5.74, 6) is 0.470. The minimum atomic E-state index is 0.132. The highest BCUT2D eigenvalue weighted by Crippen LogP contribution is 2.31. The van der Waals surface area contributed by atoms with Gasteiger partial charge in [-0.05, 0) is 19.4 Å². The van der Waals surface area contributed by atoms with Gasteiger partial charge in [0.15, 0.2) is 5.65 Å². The van der Waals surface area contributed by atoms with Gasteiger partial charge in [-0.15, -0.1) is 0 Å². The van der Waals surface area contributed by atoms with E-state index < -0.39 is 0 Å². The van der Waals surface area contributed by atoms with Gasteiger partial charge in [0.05, 0.1) is 17.2 Å². The normalized spacial score (nSPS) is 24.6. The Morgan fingerprint density at radius 1 is 1.59 bits per heavy atom. The molecule has 0 bridgehead atoms. The Balaban J connectivity index is 2.18. The van der Waals surface area contributed by atoms with E-state index in [9.17, 15) is 0 Å². The number of rotatable bonds is 1. The van der Waals surface area contributed by atoms with Crippen LogP contribution in [0.3, 0.4) is 0 Å². The van der Waals surface area contributed by atoms with Crippen LogP contribution in [0.5, 0.6) is 0 Å². The fourth-order valence-electron chi connectivity index (χ4n) is 2.36. The predicted octanol–water partition coefficient (Wildman–Crippen LogP) is 2.02. The van der Waals surface area contributed by atoms with Crippen molar-refractivity contribution in [3.63, 3.8) is 0 Å². The zero-order valence-electron chi connectivity index (χ0n) is 9.43. The van der Waals surface area contributed by atoms with Crippen molar-refractivity contribution in [1.82, 2.24) is 14.5 Å². The van der Waals surface area contributed by atoms with Gasteiger partial charge in [-0.25, -0.2) is 9.97 Å². The summed E-state index contributed by atoms with van der Waals surface area (Å²) in [5.41, 5.74) is 7.46. The Labute approximate surface area is 104 Å². The molecule has 0 radical (unpaired) electrons. The van der Waals surface area contributed by atoms with Crippen LogP contribution < -0.4 is 5.73 Å². The Kier molecular flexibility index (Phi) is 2.45. The summed E-state index contributed by atoms with van der Waals surface area (Å²) in [6.45, 7) is 2.79. The minimum Gasteiger partial charge on any atom is -0.376 e. The van der Waals surface area contributed by atoms with Crippen LogP contribution in [0.1, 0.15) is 19.4 Å². The van der Waals surface area contributed by atoms with Crippen molar-refractivity contribution < 1.29 is 4.74 Å². The summed E-state index contributed by atoms with van der Waals surface area (Å²) < 4.78 is 7.51. The van der Waals surface area contributed by atoms with E-state index in [1.807, 2.05) is 11.5 Å². The van der Waals surface area contributed by atoms with Crippen molar-refractivity contribution in [2.75, 3.05) is 12.3 Å². The molecule has 2 unspecified atom stereocenters. The highest BCUT2D eigenvalue weighted by atomic mass is 35.5. The molecule has 2 atom stereocenters. The molecule has 5 nitrogen and oxygen atoms in total. The number of nitrogens with two attached hydrogens (primary N) is 1. The molecule has 2 aromatic heterocycles. The zero-order valence-corrected chi connectivity index (χ0v) is 10.2. The molecule has 0 aliphatic carbocycles. The van der Waals surface area contributed by atoms with Crippen molar-refractivity contribution >= 4 is 28.7 Å². The fraction of sp³-hybridized carbons (Fsp3) is 0.455. The topological polar surface area (TPSA) is 66.0 Å². The number of ether oxygens (including phenoxy) is 1. The summed E-state index contributed by atoms with van der Waals surface area (Å²) in [7, 11) is 0. The van der Waals surface area contributed by atoms with E-state index in [-0.39, 0.29) is 12.1 Å². The molecule has 0 aromatic carbocycles. The number of nitrogens with zero attached hydrogens (tertiary/aromatic N) is 3. The first-order valence-electron chi connectivity index (χ1n) is 5.57. The second kappa shape index (κ2) is 3.85. The van der Waals surface area contributed by atoms with Crippen LogP contribution in [-0.2, 0) is 4.74 Å². The molecule has 3 heterocycles. The maximum absolute atomic E-state index is 5.96. The molecule has 0 amide bonds. The lowest BCUT2D eigenvalue weighted by Crippen LogP contribution is -2.18. The molecule has 2 N–H and O–H groups in total. The zero-order chi connectivity index (χ0) is 12.0. The predicted molar refractivity (Wildman–Crippen MR) is 66.0 cm³/mol. The highest BCUT2D eigenvalue weighted by molar-refractivity contribution is 6.31. The van der Waals surface area contributed by atoms with Crippen LogP contribution in [0.25, 0.3) is 11.2 Å². The summed E-state index contributed by atoms with van der Waals surface area (Å²) >= 11 is 5.89. The smallest absolute Gasteiger partial charge is 0.202 e. The fourth-order valence-corrected chi connectivity index (χ4v) is 2.51. The first-order valence-corrected chi connectivity index (χ1v) is 5.95. The third-order valence-electron chi connectivity index (χ3n) is 3.19. The number of hydrogen-bond donors (Lipinski definition) is 1. The molecule has 3 rings (SSSR count). The lowest BCUT2D eigenvalue weighted by Gasteiger charge is -2.17. The standard InChI is InChI=1S/C11H13ClN4O/c1-6-9(2-3-17-6)16-10-8(15-11(16)13)4-7(12)5-14-10/h4-6,9H,2-3H2,1H3,(H2,13,15). The molecule has 17 heavy (non-hydrogen) atoms. The van der Waals surface area contributed by atoms with E-state index in [4.69, 9.17) is 22.1 Å². The van der Waals surface area contributed by atoms with Gasteiger partial charge in [0.2, 0.25) is 5.95 Å². The molecule has 90 valence electrons. The van der Waals surface area contributed by atoms with E-state index in [0.717, 1.165) is 24.2 Å². The van der Waals surface area contributed by atoms with Crippen LogP contribution in [0.4, 0.5) is 5.95 Å². The maximum atomic E-state index is 5.96. The van der Waals surface area contributed by atoms with Gasteiger partial charge in [-0.1, -0.05) is 11.6 Å². The molecule has 6 heteroatoms. The number of nitrogen functional groups attached to an aromatic ring is 1. The molecule has 1 saturated heterocycles. The van der Waals surface area contributed by atoms with Gasteiger partial charge in [0, 0.05) is 12.8 Å². The second-order valence-corrected chi connectivity index (χ2v) is 4.70. The number of halogens is 1. The van der Waals surface area contributed by atoms with Crippen LogP contribution in [0, 0.1) is 0 Å². The molecule has 0 spiro atoms. The van der Waals surface area contributed by atoms with Crippen molar-refractivity contribution in [1.29, 1.82) is 0 Å². The number of hydrogen-bond acceptors (Lipinski definition) is 4. The van der Waals surface area contributed by atoms with Gasteiger partial charge in [0.1, 0.15) is 5.52 Å².